The molecule has 1 aliphatic rings. The van der Waals surface area contributed by atoms with Crippen molar-refractivity contribution in [2.45, 2.75) is 19.8 Å². The van der Waals surface area contributed by atoms with Gasteiger partial charge in [0, 0.05) is 23.5 Å². The first kappa shape index (κ1) is 20.6. The number of halogens is 1. The summed E-state index contributed by atoms with van der Waals surface area (Å²) in [4.78, 5) is 13.7. The zero-order valence-corrected chi connectivity index (χ0v) is 17.6. The monoisotopic (exact) mass is 437 g/mol. The smallest absolute Gasteiger partial charge is 0.306 e. The van der Waals surface area contributed by atoms with Crippen molar-refractivity contribution in [3.63, 3.8) is 0 Å². The van der Waals surface area contributed by atoms with Crippen molar-refractivity contribution in [2.75, 3.05) is 13.1 Å². The van der Waals surface area contributed by atoms with Crippen LogP contribution >= 0.6 is 35.2 Å². The van der Waals surface area contributed by atoms with Crippen LogP contribution in [0.4, 0.5) is 0 Å². The number of aliphatic carboxylic acids is 1. The molecule has 0 amide bonds. The van der Waals surface area contributed by atoms with Gasteiger partial charge in [-0.3, -0.25) is 10.2 Å². The van der Waals surface area contributed by atoms with Crippen LogP contribution < -0.4 is 5.43 Å². The van der Waals surface area contributed by atoms with Gasteiger partial charge in [0.1, 0.15) is 5.75 Å². The molecule has 3 rings (SSSR count). The second-order valence-electron chi connectivity index (χ2n) is 6.55. The molecule has 0 aliphatic carbocycles. The summed E-state index contributed by atoms with van der Waals surface area (Å²) < 4.78 is 0. The summed E-state index contributed by atoms with van der Waals surface area (Å²) in [7, 11) is 0. The van der Waals surface area contributed by atoms with E-state index < -0.39 is 5.97 Å². The largest absolute Gasteiger partial charge is 0.506 e. The molecule has 2 aromatic rings. The number of rotatable bonds is 4. The third-order valence-electron chi connectivity index (χ3n) is 4.71. The average molecular weight is 438 g/mol. The van der Waals surface area contributed by atoms with Gasteiger partial charge in [-0.05, 0) is 49.7 Å². The minimum absolute atomic E-state index is 0.170. The van der Waals surface area contributed by atoms with E-state index in [1.54, 1.807) is 19.1 Å². The molecule has 0 bridgehead atoms. The Hall–Kier alpha value is -2.16. The predicted octanol–water partition coefficient (Wildman–Crippen LogP) is 4.17. The Bertz CT molecular complexity index is 904. The lowest BCUT2D eigenvalue weighted by molar-refractivity contribution is -0.143. The number of carboxylic acids is 1. The van der Waals surface area contributed by atoms with Gasteiger partial charge >= 0.3 is 5.97 Å². The quantitative estimate of drug-likeness (QED) is 0.378. The summed E-state index contributed by atoms with van der Waals surface area (Å²) in [6.07, 6.45) is 1.13. The van der Waals surface area contributed by atoms with Crippen LogP contribution in [0, 0.1) is 5.92 Å². The van der Waals surface area contributed by atoms with Crippen LogP contribution in [0.1, 0.15) is 25.3 Å². The van der Waals surface area contributed by atoms with Crippen molar-refractivity contribution in [3.05, 3.63) is 40.2 Å². The second-order valence-corrected chi connectivity index (χ2v) is 8.25. The number of likely N-dealkylation sites (tertiary alicyclic amines) is 1. The Morgan fingerprint density at radius 2 is 1.96 bits per heavy atom. The number of piperidine rings is 1. The lowest BCUT2D eigenvalue weighted by Gasteiger charge is -2.31. The number of hydrogen-bond donors (Lipinski definition) is 3. The van der Waals surface area contributed by atoms with Gasteiger partial charge in [-0.25, -0.2) is 0 Å². The first-order valence-corrected chi connectivity index (χ1v) is 10.4. The van der Waals surface area contributed by atoms with Crippen molar-refractivity contribution in [3.8, 4) is 16.2 Å². The first-order chi connectivity index (χ1) is 13.4. The third kappa shape index (κ3) is 4.63. The highest BCUT2D eigenvalue weighted by molar-refractivity contribution is 7.80. The zero-order chi connectivity index (χ0) is 20.3. The predicted molar refractivity (Wildman–Crippen MR) is 116 cm³/mol. The molecule has 0 radical (unpaired) electrons. The maximum Gasteiger partial charge on any atom is 0.306 e. The zero-order valence-electron chi connectivity index (χ0n) is 15.2. The van der Waals surface area contributed by atoms with Crippen LogP contribution in [0.25, 0.3) is 10.4 Å². The Morgan fingerprint density at radius 3 is 2.57 bits per heavy atom. The van der Waals surface area contributed by atoms with E-state index in [0.29, 0.717) is 47.3 Å². The molecule has 1 saturated heterocycles. The fourth-order valence-electron chi connectivity index (χ4n) is 3.01. The molecule has 1 aliphatic heterocycles. The molecule has 1 aromatic heterocycles. The molecule has 0 spiro atoms. The van der Waals surface area contributed by atoms with Crippen LogP contribution in [0.2, 0.25) is 5.02 Å². The molecule has 2 heterocycles. The molecule has 0 saturated carbocycles. The number of aromatic hydroxyl groups is 1. The highest BCUT2D eigenvalue weighted by Gasteiger charge is 2.25. The number of carboxylic acid groups (broad SMARTS) is 1. The maximum absolute atomic E-state index is 11.0. The number of hydrazone groups is 1. The lowest BCUT2D eigenvalue weighted by atomic mass is 9.97. The summed E-state index contributed by atoms with van der Waals surface area (Å²) in [5.74, 6) is -0.890. The molecule has 148 valence electrons. The number of thiocarbonyl (C=S) groups is 1. The fraction of sp³-hybridized carbons (Fsp3) is 0.316. The van der Waals surface area contributed by atoms with Gasteiger partial charge in [0.25, 0.3) is 0 Å². The molecule has 9 heteroatoms. The van der Waals surface area contributed by atoms with Crippen LogP contribution in [-0.2, 0) is 4.79 Å². The van der Waals surface area contributed by atoms with Crippen LogP contribution in [0.5, 0.6) is 5.75 Å². The Morgan fingerprint density at radius 1 is 1.32 bits per heavy atom. The number of nitrogens with zero attached hydrogens (tertiary/aromatic N) is 2. The molecule has 1 fully saturated rings. The van der Waals surface area contributed by atoms with E-state index in [4.69, 9.17) is 28.9 Å². The van der Waals surface area contributed by atoms with E-state index in [-0.39, 0.29) is 11.7 Å². The lowest BCUT2D eigenvalue weighted by Crippen LogP contribution is -2.44. The van der Waals surface area contributed by atoms with E-state index in [2.05, 4.69) is 10.5 Å². The number of nitrogens with one attached hydrogen (secondary N) is 1. The molecule has 1 aromatic carbocycles. The number of hydrogen-bond acceptors (Lipinski definition) is 5. The molecular formula is C19H20ClN3O3S2. The van der Waals surface area contributed by atoms with Gasteiger partial charge in [0.2, 0.25) is 0 Å². The SMILES string of the molecule is C/C(=N\NC(=S)N1CCC(C(=O)O)CC1)c1csc(-c2ccc(Cl)cc2)c1O. The minimum atomic E-state index is -0.753. The average Bonchev–Trinajstić information content (AvgIpc) is 3.08. The Labute approximate surface area is 177 Å². The summed E-state index contributed by atoms with van der Waals surface area (Å²) >= 11 is 12.7. The van der Waals surface area contributed by atoms with E-state index in [1.165, 1.54) is 11.3 Å². The van der Waals surface area contributed by atoms with Gasteiger partial charge in [-0.1, -0.05) is 23.7 Å². The van der Waals surface area contributed by atoms with Crippen LogP contribution in [0.15, 0.2) is 34.7 Å². The summed E-state index contributed by atoms with van der Waals surface area (Å²) in [6.45, 7) is 2.96. The number of benzene rings is 1. The van der Waals surface area contributed by atoms with Gasteiger partial charge in [0.15, 0.2) is 5.11 Å². The van der Waals surface area contributed by atoms with Crippen molar-refractivity contribution < 1.29 is 15.0 Å². The standard InChI is InChI=1S/C19H20ClN3O3S2/c1-11(21-22-19(27)23-8-6-13(7-9-23)18(25)26)15-10-28-17(16(15)24)12-2-4-14(20)5-3-12/h2-5,10,13,24H,6-9H2,1H3,(H,22,27)(H,25,26)/b21-11+. The second kappa shape index (κ2) is 8.89. The summed E-state index contributed by atoms with van der Waals surface area (Å²) in [5.41, 5.74) is 4.98. The molecular weight excluding hydrogens is 418 g/mol. The van der Waals surface area contributed by atoms with Crippen molar-refractivity contribution in [1.29, 1.82) is 0 Å². The molecule has 3 N–H and O–H groups in total. The minimum Gasteiger partial charge on any atom is -0.506 e. The molecule has 0 unspecified atom stereocenters. The highest BCUT2D eigenvalue weighted by Crippen LogP contribution is 2.39. The Balaban J connectivity index is 1.65. The van der Waals surface area contributed by atoms with Crippen molar-refractivity contribution in [1.82, 2.24) is 10.3 Å². The van der Waals surface area contributed by atoms with Crippen LogP contribution in [0.3, 0.4) is 0 Å². The van der Waals surface area contributed by atoms with E-state index in [9.17, 15) is 9.90 Å². The van der Waals surface area contributed by atoms with Gasteiger partial charge in [-0.2, -0.15) is 5.10 Å². The number of thiophene rings is 1. The van der Waals surface area contributed by atoms with Crippen molar-refractivity contribution in [2.24, 2.45) is 11.0 Å². The van der Waals surface area contributed by atoms with E-state index >= 15 is 0 Å². The number of carbonyl (C=O) groups is 1. The molecule has 28 heavy (non-hydrogen) atoms. The maximum atomic E-state index is 11.0. The van der Waals surface area contributed by atoms with Crippen LogP contribution in [-0.4, -0.2) is 45.0 Å². The van der Waals surface area contributed by atoms with Crippen molar-refractivity contribution >= 4 is 51.9 Å². The normalized spacial score (nSPS) is 15.5. The van der Waals surface area contributed by atoms with Gasteiger partial charge in [-0.15, -0.1) is 11.3 Å². The topological polar surface area (TPSA) is 85.2 Å². The Kier molecular flexibility index (Phi) is 6.53. The third-order valence-corrected chi connectivity index (χ3v) is 6.33. The van der Waals surface area contributed by atoms with Gasteiger partial charge in [0.05, 0.1) is 22.1 Å². The first-order valence-electron chi connectivity index (χ1n) is 8.75. The molecule has 0 atom stereocenters. The van der Waals surface area contributed by atoms with E-state index in [0.717, 1.165) is 10.4 Å². The molecule has 6 nitrogen and oxygen atoms in total. The highest BCUT2D eigenvalue weighted by atomic mass is 35.5. The van der Waals surface area contributed by atoms with Gasteiger partial charge < -0.3 is 15.1 Å². The summed E-state index contributed by atoms with van der Waals surface area (Å²) in [6, 6.07) is 7.28. The fourth-order valence-corrected chi connectivity index (χ4v) is 4.37. The van der Waals surface area contributed by atoms with E-state index in [1.807, 2.05) is 22.4 Å². The summed E-state index contributed by atoms with van der Waals surface area (Å²) in [5, 5.41) is 26.9.